The number of fused-ring (bicyclic) bond motifs is 1. The zero-order chi connectivity index (χ0) is 18.0. The van der Waals surface area contributed by atoms with Gasteiger partial charge in [-0.25, -0.2) is 10.4 Å². The van der Waals surface area contributed by atoms with Crippen LogP contribution in [-0.2, 0) is 12.7 Å². The molecule has 1 aliphatic rings. The first kappa shape index (κ1) is 17.3. The average Bonchev–Trinajstić information content (AvgIpc) is 2.99. The fourth-order valence-electron chi connectivity index (χ4n) is 2.37. The monoisotopic (exact) mass is 371 g/mol. The average molecular weight is 372 g/mol. The summed E-state index contributed by atoms with van der Waals surface area (Å²) in [4.78, 5) is 16.2. The van der Waals surface area contributed by atoms with Gasteiger partial charge in [0.1, 0.15) is 5.69 Å². The highest BCUT2D eigenvalue weighted by molar-refractivity contribution is 6.34. The van der Waals surface area contributed by atoms with Gasteiger partial charge in [0, 0.05) is 24.8 Å². The van der Waals surface area contributed by atoms with Crippen LogP contribution in [0.4, 0.5) is 19.1 Å². The molecule has 0 radical (unpaired) electrons. The Kier molecular flexibility index (Phi) is 4.67. The van der Waals surface area contributed by atoms with Crippen LogP contribution in [0, 0.1) is 0 Å². The minimum absolute atomic E-state index is 0.0441. The minimum Gasteiger partial charge on any atom is -0.356 e. The highest BCUT2D eigenvalue weighted by Crippen LogP contribution is 2.35. The summed E-state index contributed by atoms with van der Waals surface area (Å²) in [6.45, 7) is 1.54. The predicted molar refractivity (Wildman–Crippen MR) is 86.8 cm³/mol. The summed E-state index contributed by atoms with van der Waals surface area (Å²) in [5.74, 6) is 0.0318. The van der Waals surface area contributed by atoms with E-state index in [4.69, 9.17) is 11.6 Å². The van der Waals surface area contributed by atoms with E-state index in [1.807, 2.05) is 4.57 Å². The van der Waals surface area contributed by atoms with E-state index in [9.17, 15) is 18.0 Å². The fourth-order valence-corrected chi connectivity index (χ4v) is 2.65. The number of hydrogen-bond donors (Lipinski definition) is 2. The molecule has 0 saturated heterocycles. The molecule has 0 atom stereocenters. The van der Waals surface area contributed by atoms with Gasteiger partial charge < -0.3 is 9.88 Å². The SMILES string of the molecule is O=C(N/N=C/c1cccc(C(F)(F)F)c1Cl)c1cn2c(n1)NCCC2. The molecule has 6 nitrogen and oxygen atoms in total. The Morgan fingerprint density at radius 1 is 1.44 bits per heavy atom. The third-order valence-electron chi connectivity index (χ3n) is 3.57. The zero-order valence-electron chi connectivity index (χ0n) is 12.8. The zero-order valence-corrected chi connectivity index (χ0v) is 13.5. The molecule has 2 N–H and O–H groups in total. The van der Waals surface area contributed by atoms with E-state index in [1.165, 1.54) is 12.1 Å². The van der Waals surface area contributed by atoms with Gasteiger partial charge in [-0.3, -0.25) is 4.79 Å². The Morgan fingerprint density at radius 2 is 2.24 bits per heavy atom. The smallest absolute Gasteiger partial charge is 0.356 e. The first-order valence-corrected chi connectivity index (χ1v) is 7.74. The first-order chi connectivity index (χ1) is 11.9. The standard InChI is InChI=1S/C15H13ClF3N5O/c16-12-9(3-1-4-10(12)15(17,18)19)7-21-23-13(25)11-8-24-6-2-5-20-14(24)22-11/h1,3-4,7-8H,2,5-6H2,(H,20,22)(H,23,25)/b21-7+. The van der Waals surface area contributed by atoms with E-state index >= 15 is 0 Å². The maximum atomic E-state index is 12.8. The minimum atomic E-state index is -4.56. The lowest BCUT2D eigenvalue weighted by Crippen LogP contribution is -2.18. The molecule has 25 heavy (non-hydrogen) atoms. The fraction of sp³-hybridized carbons (Fsp3) is 0.267. The van der Waals surface area contributed by atoms with E-state index in [2.05, 4.69) is 20.8 Å². The molecule has 1 aromatic heterocycles. The molecular formula is C15H13ClF3N5O. The van der Waals surface area contributed by atoms with Crippen LogP contribution in [0.15, 0.2) is 29.5 Å². The van der Waals surface area contributed by atoms with E-state index < -0.39 is 22.7 Å². The lowest BCUT2D eigenvalue weighted by atomic mass is 10.1. The topological polar surface area (TPSA) is 71.3 Å². The Morgan fingerprint density at radius 3 is 2.96 bits per heavy atom. The van der Waals surface area contributed by atoms with Crippen molar-refractivity contribution in [2.75, 3.05) is 11.9 Å². The number of nitrogens with zero attached hydrogens (tertiary/aromatic N) is 3. The summed E-state index contributed by atoms with van der Waals surface area (Å²) >= 11 is 5.75. The number of hydrogen-bond acceptors (Lipinski definition) is 4. The first-order valence-electron chi connectivity index (χ1n) is 7.36. The number of hydrazone groups is 1. The van der Waals surface area contributed by atoms with Gasteiger partial charge in [-0.1, -0.05) is 23.7 Å². The Hall–Kier alpha value is -2.55. The molecule has 0 spiro atoms. The van der Waals surface area contributed by atoms with Crippen LogP contribution in [0.25, 0.3) is 0 Å². The summed E-state index contributed by atoms with van der Waals surface area (Å²) in [7, 11) is 0. The van der Waals surface area contributed by atoms with Crippen molar-refractivity contribution in [1.82, 2.24) is 15.0 Å². The molecule has 3 rings (SSSR count). The normalized spacial score (nSPS) is 14.2. The van der Waals surface area contributed by atoms with Crippen LogP contribution in [0.3, 0.4) is 0 Å². The Labute approximate surface area is 145 Å². The molecule has 1 aliphatic heterocycles. The quantitative estimate of drug-likeness (QED) is 0.643. The molecule has 0 unspecified atom stereocenters. The second-order valence-electron chi connectivity index (χ2n) is 5.33. The number of carbonyl (C=O) groups excluding carboxylic acids is 1. The highest BCUT2D eigenvalue weighted by atomic mass is 35.5. The predicted octanol–water partition coefficient (Wildman–Crippen LogP) is 3.13. The Bertz CT molecular complexity index is 808. The second kappa shape index (κ2) is 6.75. The van der Waals surface area contributed by atoms with Gasteiger partial charge in [0.15, 0.2) is 0 Å². The number of alkyl halides is 3. The number of halogens is 4. The van der Waals surface area contributed by atoms with Crippen molar-refractivity contribution in [3.05, 3.63) is 46.2 Å². The number of anilines is 1. The molecule has 2 heterocycles. The number of imidazole rings is 1. The van der Waals surface area contributed by atoms with Crippen molar-refractivity contribution in [2.45, 2.75) is 19.1 Å². The molecule has 2 aromatic rings. The number of carbonyl (C=O) groups is 1. The van der Waals surface area contributed by atoms with Crippen LogP contribution in [0.2, 0.25) is 5.02 Å². The maximum absolute atomic E-state index is 12.8. The van der Waals surface area contributed by atoms with Crippen LogP contribution in [0.1, 0.15) is 28.0 Å². The summed E-state index contributed by atoms with van der Waals surface area (Å²) < 4.78 is 40.2. The number of amides is 1. The number of rotatable bonds is 3. The molecule has 0 bridgehead atoms. The number of aryl methyl sites for hydroxylation is 1. The summed E-state index contributed by atoms with van der Waals surface area (Å²) in [5.41, 5.74) is 1.48. The van der Waals surface area contributed by atoms with Gasteiger partial charge in [0.2, 0.25) is 5.95 Å². The van der Waals surface area contributed by atoms with Crippen molar-refractivity contribution in [3.8, 4) is 0 Å². The summed E-state index contributed by atoms with van der Waals surface area (Å²) in [6.07, 6.45) is -0.989. The van der Waals surface area contributed by atoms with Crippen LogP contribution < -0.4 is 10.7 Å². The molecule has 0 aliphatic carbocycles. The van der Waals surface area contributed by atoms with E-state index in [-0.39, 0.29) is 11.3 Å². The van der Waals surface area contributed by atoms with E-state index in [0.717, 1.165) is 31.8 Å². The number of nitrogens with one attached hydrogen (secondary N) is 2. The molecule has 1 aromatic carbocycles. The van der Waals surface area contributed by atoms with Crippen LogP contribution in [0.5, 0.6) is 0 Å². The lowest BCUT2D eigenvalue weighted by molar-refractivity contribution is -0.137. The van der Waals surface area contributed by atoms with Gasteiger partial charge in [-0.15, -0.1) is 0 Å². The van der Waals surface area contributed by atoms with Crippen molar-refractivity contribution >= 4 is 29.7 Å². The molecular weight excluding hydrogens is 359 g/mol. The largest absolute Gasteiger partial charge is 0.417 e. The number of aromatic nitrogens is 2. The van der Waals surface area contributed by atoms with Gasteiger partial charge in [0.25, 0.3) is 5.91 Å². The van der Waals surface area contributed by atoms with Crippen molar-refractivity contribution < 1.29 is 18.0 Å². The van der Waals surface area contributed by atoms with E-state index in [0.29, 0.717) is 5.95 Å². The van der Waals surface area contributed by atoms with Gasteiger partial charge in [-0.2, -0.15) is 18.3 Å². The van der Waals surface area contributed by atoms with Crippen molar-refractivity contribution in [1.29, 1.82) is 0 Å². The number of benzene rings is 1. The van der Waals surface area contributed by atoms with Crippen molar-refractivity contribution in [3.63, 3.8) is 0 Å². The molecule has 0 fully saturated rings. The summed E-state index contributed by atoms with van der Waals surface area (Å²) in [5, 5.41) is 6.24. The van der Waals surface area contributed by atoms with Crippen LogP contribution >= 0.6 is 11.6 Å². The molecule has 10 heteroatoms. The highest BCUT2D eigenvalue weighted by Gasteiger charge is 2.33. The van der Waals surface area contributed by atoms with Crippen LogP contribution in [-0.4, -0.2) is 28.2 Å². The van der Waals surface area contributed by atoms with Gasteiger partial charge in [-0.05, 0) is 12.5 Å². The summed E-state index contributed by atoms with van der Waals surface area (Å²) in [6, 6.07) is 3.46. The van der Waals surface area contributed by atoms with Gasteiger partial charge >= 0.3 is 6.18 Å². The van der Waals surface area contributed by atoms with Gasteiger partial charge in [0.05, 0.1) is 16.8 Å². The Balaban J connectivity index is 1.71. The third kappa shape index (κ3) is 3.76. The second-order valence-corrected chi connectivity index (χ2v) is 5.71. The molecule has 1 amide bonds. The lowest BCUT2D eigenvalue weighted by Gasteiger charge is -2.14. The van der Waals surface area contributed by atoms with Crippen molar-refractivity contribution in [2.24, 2.45) is 5.10 Å². The molecule has 0 saturated carbocycles. The third-order valence-corrected chi connectivity index (χ3v) is 3.99. The maximum Gasteiger partial charge on any atom is 0.417 e. The molecule has 132 valence electrons. The van der Waals surface area contributed by atoms with E-state index in [1.54, 1.807) is 6.20 Å².